The van der Waals surface area contributed by atoms with E-state index in [2.05, 4.69) is 79.1 Å². The third kappa shape index (κ3) is 6.16. The molecule has 1 spiro atoms. The highest BCUT2D eigenvalue weighted by Gasteiger charge is 2.59. The van der Waals surface area contributed by atoms with Crippen molar-refractivity contribution in [3.05, 3.63) is 163 Å². The summed E-state index contributed by atoms with van der Waals surface area (Å²) in [5.41, 5.74) is 4.89. The minimum absolute atomic E-state index is 0.0710. The molecular weight excluding hydrogens is 737 g/mol. The smallest absolute Gasteiger partial charge is 0.274 e. The van der Waals surface area contributed by atoms with Crippen LogP contribution in [0.5, 0.6) is 23.0 Å². The number of benzene rings is 5. The molecule has 3 heterocycles. The van der Waals surface area contributed by atoms with Crippen LogP contribution in [0.1, 0.15) is 61.1 Å². The highest BCUT2D eigenvalue weighted by Crippen LogP contribution is 2.57. The summed E-state index contributed by atoms with van der Waals surface area (Å²) in [5, 5.41) is 23.4. The first-order valence-electron chi connectivity index (χ1n) is 19.1. The number of methoxy groups -OCH3 is 2. The number of para-hydroxylation sites is 2. The fourth-order valence-electron chi connectivity index (χ4n) is 8.52. The van der Waals surface area contributed by atoms with E-state index >= 15 is 0 Å². The number of ether oxygens (including phenoxy) is 4. The van der Waals surface area contributed by atoms with E-state index in [1.165, 1.54) is 38.5 Å². The van der Waals surface area contributed by atoms with Gasteiger partial charge in [0.05, 0.1) is 41.6 Å². The van der Waals surface area contributed by atoms with Gasteiger partial charge in [0, 0.05) is 47.7 Å². The molecule has 0 aromatic heterocycles. The number of hydrogen-bond donors (Lipinski definition) is 0. The molecule has 12 heteroatoms. The van der Waals surface area contributed by atoms with Crippen LogP contribution in [0, 0.1) is 20.2 Å². The zero-order valence-electron chi connectivity index (χ0n) is 33.2. The summed E-state index contributed by atoms with van der Waals surface area (Å²) in [4.78, 5) is 27.0. The molecule has 0 radical (unpaired) electrons. The molecule has 296 valence electrons. The molecule has 0 aliphatic carbocycles. The fourth-order valence-corrected chi connectivity index (χ4v) is 8.52. The van der Waals surface area contributed by atoms with Crippen molar-refractivity contribution < 1.29 is 28.8 Å². The third-order valence-electron chi connectivity index (χ3n) is 11.7. The molecule has 2 unspecified atom stereocenters. The van der Waals surface area contributed by atoms with Gasteiger partial charge >= 0.3 is 0 Å². The van der Waals surface area contributed by atoms with Crippen molar-refractivity contribution >= 4 is 34.9 Å². The largest absolute Gasteiger partial charge is 0.493 e. The number of aryl methyl sites for hydroxylation is 1. The molecule has 0 saturated heterocycles. The molecule has 0 bridgehead atoms. The number of non-ortho nitro benzene ring substituents is 2. The lowest BCUT2D eigenvalue weighted by Gasteiger charge is -2.47. The first-order valence-corrected chi connectivity index (χ1v) is 19.1. The lowest BCUT2D eigenvalue weighted by molar-refractivity contribution is -0.385. The van der Waals surface area contributed by atoms with Crippen LogP contribution in [-0.4, -0.2) is 35.5 Å². The standard InChI is InChI=1S/C46H44N4O8/c1-7-32-12-8-10-14-38(32)47(45(4)22-20-33-24-35(49(51)52)26-40(55-5)42(33)57-45)28-30-16-18-31(19-17-30)29-48-39-15-11-9-13-37(39)44(2,3)46(48)23-21-34-25-36(50(53)54)27-41(56-6)43(34)58-46/h8-27H,7,28-29H2,1-6H3. The Bertz CT molecular complexity index is 2510. The van der Waals surface area contributed by atoms with Crippen molar-refractivity contribution in [1.29, 1.82) is 0 Å². The van der Waals surface area contributed by atoms with Crippen molar-refractivity contribution in [2.24, 2.45) is 0 Å². The van der Waals surface area contributed by atoms with Crippen LogP contribution in [0.3, 0.4) is 0 Å². The van der Waals surface area contributed by atoms with E-state index in [1.54, 1.807) is 0 Å². The van der Waals surface area contributed by atoms with Crippen LogP contribution in [0.4, 0.5) is 22.7 Å². The van der Waals surface area contributed by atoms with E-state index in [0.717, 1.165) is 40.0 Å². The van der Waals surface area contributed by atoms with Gasteiger partial charge in [0.25, 0.3) is 11.4 Å². The van der Waals surface area contributed by atoms with Crippen LogP contribution >= 0.6 is 0 Å². The zero-order chi connectivity index (χ0) is 41.0. The Labute approximate surface area is 336 Å². The van der Waals surface area contributed by atoms with Crippen molar-refractivity contribution in [2.45, 2.75) is 64.1 Å². The number of nitro groups is 2. The highest BCUT2D eigenvalue weighted by molar-refractivity contribution is 5.76. The van der Waals surface area contributed by atoms with Crippen LogP contribution < -0.4 is 28.7 Å². The van der Waals surface area contributed by atoms with E-state index in [4.69, 9.17) is 18.9 Å². The number of hydrogen-bond acceptors (Lipinski definition) is 10. The maximum Gasteiger partial charge on any atom is 0.274 e. The first-order chi connectivity index (χ1) is 27.8. The van der Waals surface area contributed by atoms with Gasteiger partial charge in [0.15, 0.2) is 23.0 Å². The second-order valence-electron chi connectivity index (χ2n) is 15.4. The van der Waals surface area contributed by atoms with Gasteiger partial charge in [0.2, 0.25) is 11.4 Å². The molecule has 0 amide bonds. The summed E-state index contributed by atoms with van der Waals surface area (Å²) in [7, 11) is 2.97. The molecule has 3 aliphatic heterocycles. The second kappa shape index (κ2) is 14.3. The summed E-state index contributed by atoms with van der Waals surface area (Å²) < 4.78 is 25.1. The number of rotatable bonds is 11. The topological polar surface area (TPSA) is 130 Å². The van der Waals surface area contributed by atoms with Crippen LogP contribution in [0.2, 0.25) is 0 Å². The van der Waals surface area contributed by atoms with Gasteiger partial charge in [-0.15, -0.1) is 0 Å². The number of fused-ring (bicyclic) bond motifs is 3. The molecule has 0 fully saturated rings. The van der Waals surface area contributed by atoms with Gasteiger partial charge in [-0.1, -0.05) is 67.6 Å². The minimum Gasteiger partial charge on any atom is -0.493 e. The van der Waals surface area contributed by atoms with E-state index in [-0.39, 0.29) is 17.1 Å². The molecule has 58 heavy (non-hydrogen) atoms. The average molecular weight is 781 g/mol. The number of nitro benzene ring substituents is 2. The van der Waals surface area contributed by atoms with E-state index < -0.39 is 26.7 Å². The van der Waals surface area contributed by atoms with Gasteiger partial charge in [-0.3, -0.25) is 20.2 Å². The Balaban J connectivity index is 1.13. The molecule has 2 atom stereocenters. The summed E-state index contributed by atoms with van der Waals surface area (Å²) in [6, 6.07) is 30.8. The van der Waals surface area contributed by atoms with Gasteiger partial charge in [-0.05, 0) is 85.9 Å². The van der Waals surface area contributed by atoms with Gasteiger partial charge in [-0.25, -0.2) is 0 Å². The maximum atomic E-state index is 11.7. The first kappa shape index (κ1) is 38.1. The van der Waals surface area contributed by atoms with E-state index in [1.807, 2.05) is 55.5 Å². The monoisotopic (exact) mass is 780 g/mol. The molecular formula is C46H44N4O8. The quantitative estimate of drug-likeness (QED) is 0.0943. The highest BCUT2D eigenvalue weighted by atomic mass is 16.6. The fraction of sp³-hybridized carbons (Fsp3) is 0.261. The molecule has 3 aliphatic rings. The predicted molar refractivity (Wildman–Crippen MR) is 224 cm³/mol. The SMILES string of the molecule is CCc1ccccc1N(Cc1ccc(CN2c3ccccc3C(C)(C)C23C=Cc2cc([N+](=O)[O-])cc(OC)c2O3)cc1)C1(C)C=Cc2cc([N+](=O)[O-])cc(OC)c2O1. The van der Waals surface area contributed by atoms with Crippen molar-refractivity contribution in [2.75, 3.05) is 24.0 Å². The summed E-state index contributed by atoms with van der Waals surface area (Å²) in [6.45, 7) is 9.41. The summed E-state index contributed by atoms with van der Waals surface area (Å²) in [6.07, 6.45) is 8.52. The van der Waals surface area contributed by atoms with Crippen molar-refractivity contribution in [3.63, 3.8) is 0 Å². The molecule has 12 nitrogen and oxygen atoms in total. The van der Waals surface area contributed by atoms with Crippen molar-refractivity contribution in [1.82, 2.24) is 0 Å². The summed E-state index contributed by atoms with van der Waals surface area (Å²) >= 11 is 0. The number of anilines is 2. The predicted octanol–water partition coefficient (Wildman–Crippen LogP) is 10.0. The third-order valence-corrected chi connectivity index (χ3v) is 11.7. The molecule has 5 aromatic rings. The lowest BCUT2D eigenvalue weighted by Crippen LogP contribution is -2.59. The molecule has 0 N–H and O–H groups in total. The van der Waals surface area contributed by atoms with Crippen LogP contribution in [0.25, 0.3) is 12.2 Å². The molecule has 8 rings (SSSR count). The van der Waals surface area contributed by atoms with Gasteiger partial charge < -0.3 is 28.7 Å². The molecule has 0 saturated carbocycles. The summed E-state index contributed by atoms with van der Waals surface area (Å²) in [5.74, 6) is 1.48. The second-order valence-corrected chi connectivity index (χ2v) is 15.4. The zero-order valence-corrected chi connectivity index (χ0v) is 33.2. The van der Waals surface area contributed by atoms with Gasteiger partial charge in [-0.2, -0.15) is 0 Å². The normalized spacial score (nSPS) is 19.4. The van der Waals surface area contributed by atoms with Gasteiger partial charge in [0.1, 0.15) is 0 Å². The molecule has 5 aromatic carbocycles. The minimum atomic E-state index is -0.986. The Morgan fingerprint density at radius 3 is 1.91 bits per heavy atom. The van der Waals surface area contributed by atoms with Crippen molar-refractivity contribution in [3.8, 4) is 23.0 Å². The Kier molecular flexibility index (Phi) is 9.38. The lowest BCUT2D eigenvalue weighted by atomic mass is 9.76. The van der Waals surface area contributed by atoms with E-state index in [9.17, 15) is 20.2 Å². The maximum absolute atomic E-state index is 11.7. The Morgan fingerprint density at radius 1 is 0.724 bits per heavy atom. The number of nitrogens with zero attached hydrogens (tertiary/aromatic N) is 4. The Morgan fingerprint density at radius 2 is 1.29 bits per heavy atom. The van der Waals surface area contributed by atoms with Crippen LogP contribution in [0.15, 0.2) is 109 Å². The average Bonchev–Trinajstić information content (AvgIpc) is 3.40. The van der Waals surface area contributed by atoms with E-state index in [0.29, 0.717) is 41.5 Å². The Hall–Kier alpha value is -6.82. The van der Waals surface area contributed by atoms with Crippen LogP contribution in [-0.2, 0) is 24.9 Å².